The summed E-state index contributed by atoms with van der Waals surface area (Å²) < 4.78 is 32.0. The van der Waals surface area contributed by atoms with E-state index in [9.17, 15) is 13.2 Å². The van der Waals surface area contributed by atoms with Gasteiger partial charge in [-0.25, -0.2) is 8.42 Å². The molecule has 32 heavy (non-hydrogen) atoms. The van der Waals surface area contributed by atoms with Crippen LogP contribution in [0.3, 0.4) is 0 Å². The Balaban J connectivity index is 1.76. The van der Waals surface area contributed by atoms with Gasteiger partial charge in [-0.2, -0.15) is 0 Å². The summed E-state index contributed by atoms with van der Waals surface area (Å²) in [4.78, 5) is 12.9. The number of carbonyl (C=O) groups excluding carboxylic acids is 1. The molecule has 0 heterocycles. The van der Waals surface area contributed by atoms with Gasteiger partial charge in [0, 0.05) is 0 Å². The Kier molecular flexibility index (Phi) is 7.20. The predicted octanol–water partition coefficient (Wildman–Crippen LogP) is 4.82. The van der Waals surface area contributed by atoms with E-state index in [1.165, 1.54) is 0 Å². The molecule has 1 N–H and O–H groups in total. The van der Waals surface area contributed by atoms with Crippen molar-refractivity contribution in [2.24, 2.45) is 0 Å². The fourth-order valence-electron chi connectivity index (χ4n) is 3.37. The van der Waals surface area contributed by atoms with Crippen molar-refractivity contribution in [1.29, 1.82) is 0 Å². The summed E-state index contributed by atoms with van der Waals surface area (Å²) in [5.74, 6) is 0.865. The minimum atomic E-state index is -3.71. The van der Waals surface area contributed by atoms with E-state index in [-0.39, 0.29) is 11.9 Å². The molecule has 3 aromatic rings. The summed E-state index contributed by atoms with van der Waals surface area (Å²) in [6.45, 7) is 5.44. The number of carbonyl (C=O) groups is 1. The van der Waals surface area contributed by atoms with E-state index < -0.39 is 16.1 Å². The van der Waals surface area contributed by atoms with Gasteiger partial charge in [-0.05, 0) is 62.7 Å². The molecule has 0 aliphatic carbocycles. The van der Waals surface area contributed by atoms with Crippen LogP contribution in [0.4, 0.5) is 5.69 Å². The lowest BCUT2D eigenvalue weighted by atomic mass is 10.1. The van der Waals surface area contributed by atoms with E-state index in [4.69, 9.17) is 4.74 Å². The maximum absolute atomic E-state index is 12.9. The van der Waals surface area contributed by atoms with Crippen LogP contribution in [0.15, 0.2) is 78.9 Å². The molecule has 0 unspecified atom stereocenters. The summed E-state index contributed by atoms with van der Waals surface area (Å²) in [6, 6.07) is 22.6. The molecule has 0 aromatic heterocycles. The molecule has 1 amide bonds. The first-order valence-electron chi connectivity index (χ1n) is 10.3. The molecule has 0 saturated carbocycles. The molecule has 0 aliphatic heterocycles. The normalized spacial score (nSPS) is 13.1. The van der Waals surface area contributed by atoms with Gasteiger partial charge < -0.3 is 10.1 Å². The number of aryl methyl sites for hydroxylation is 1. The number of anilines is 1. The van der Waals surface area contributed by atoms with Gasteiger partial charge in [0.15, 0.2) is 0 Å². The quantitative estimate of drug-likeness (QED) is 0.532. The fourth-order valence-corrected chi connectivity index (χ4v) is 4.54. The van der Waals surface area contributed by atoms with Crippen LogP contribution in [0.25, 0.3) is 0 Å². The van der Waals surface area contributed by atoms with Crippen molar-refractivity contribution in [2.45, 2.75) is 32.9 Å². The van der Waals surface area contributed by atoms with Crippen LogP contribution < -0.4 is 14.4 Å². The SMILES string of the molecule is Cc1ccc([C@@H](C)NC(=O)[C@@H](C)N(c2ccc(Oc3ccccc3)cc2)S(C)(=O)=O)cc1. The van der Waals surface area contributed by atoms with Gasteiger partial charge in [0.05, 0.1) is 18.0 Å². The third kappa shape index (κ3) is 5.88. The first kappa shape index (κ1) is 23.3. The van der Waals surface area contributed by atoms with Gasteiger partial charge in [-0.1, -0.05) is 48.0 Å². The molecule has 3 rings (SSSR count). The van der Waals surface area contributed by atoms with Crippen LogP contribution in [0, 0.1) is 6.92 Å². The maximum Gasteiger partial charge on any atom is 0.244 e. The molecule has 0 radical (unpaired) electrons. The molecule has 3 aromatic carbocycles. The van der Waals surface area contributed by atoms with Crippen molar-refractivity contribution in [1.82, 2.24) is 5.32 Å². The number of nitrogens with zero attached hydrogens (tertiary/aromatic N) is 1. The number of rotatable bonds is 8. The van der Waals surface area contributed by atoms with E-state index in [2.05, 4.69) is 5.32 Å². The van der Waals surface area contributed by atoms with Gasteiger partial charge in [0.1, 0.15) is 17.5 Å². The average Bonchev–Trinajstić information content (AvgIpc) is 2.75. The third-order valence-corrected chi connectivity index (χ3v) is 6.34. The van der Waals surface area contributed by atoms with Crippen LogP contribution in [-0.2, 0) is 14.8 Å². The lowest BCUT2D eigenvalue weighted by Gasteiger charge is -2.29. The number of hydrogen-bond acceptors (Lipinski definition) is 4. The van der Waals surface area contributed by atoms with Crippen LogP contribution in [0.1, 0.15) is 31.0 Å². The highest BCUT2D eigenvalue weighted by Crippen LogP contribution is 2.27. The minimum absolute atomic E-state index is 0.256. The highest BCUT2D eigenvalue weighted by molar-refractivity contribution is 7.92. The zero-order chi connectivity index (χ0) is 23.3. The molecular weight excluding hydrogens is 424 g/mol. The van der Waals surface area contributed by atoms with Crippen molar-refractivity contribution in [3.63, 3.8) is 0 Å². The Morgan fingerprint density at radius 3 is 2.00 bits per heavy atom. The summed E-state index contributed by atoms with van der Waals surface area (Å²) in [5, 5.41) is 2.91. The van der Waals surface area contributed by atoms with Crippen molar-refractivity contribution in [3.05, 3.63) is 90.0 Å². The Labute approximate surface area is 189 Å². The van der Waals surface area contributed by atoms with Crippen molar-refractivity contribution in [3.8, 4) is 11.5 Å². The molecule has 0 saturated heterocycles. The first-order chi connectivity index (χ1) is 15.1. The van der Waals surface area contributed by atoms with Crippen LogP contribution >= 0.6 is 0 Å². The number of benzene rings is 3. The molecule has 2 atom stereocenters. The largest absolute Gasteiger partial charge is 0.457 e. The first-order valence-corrected chi connectivity index (χ1v) is 12.2. The number of nitrogens with one attached hydrogen (secondary N) is 1. The summed E-state index contributed by atoms with van der Waals surface area (Å²) in [5.41, 5.74) is 2.46. The summed E-state index contributed by atoms with van der Waals surface area (Å²) >= 11 is 0. The maximum atomic E-state index is 12.9. The van der Waals surface area contributed by atoms with E-state index in [0.717, 1.165) is 21.7 Å². The molecule has 0 aliphatic rings. The van der Waals surface area contributed by atoms with Gasteiger partial charge in [0.25, 0.3) is 0 Å². The smallest absolute Gasteiger partial charge is 0.244 e. The lowest BCUT2D eigenvalue weighted by Crippen LogP contribution is -2.48. The fraction of sp³-hybridized carbons (Fsp3) is 0.240. The second-order valence-corrected chi connectivity index (χ2v) is 9.64. The zero-order valence-electron chi connectivity index (χ0n) is 18.6. The van der Waals surface area contributed by atoms with Gasteiger partial charge in [-0.3, -0.25) is 9.10 Å². The number of ether oxygens (including phenoxy) is 1. The predicted molar refractivity (Wildman–Crippen MR) is 127 cm³/mol. The Hall–Kier alpha value is -3.32. The topological polar surface area (TPSA) is 75.7 Å². The van der Waals surface area contributed by atoms with Crippen molar-refractivity contribution < 1.29 is 17.9 Å². The summed E-state index contributed by atoms with van der Waals surface area (Å²) in [6.07, 6.45) is 1.09. The highest BCUT2D eigenvalue weighted by Gasteiger charge is 2.30. The van der Waals surface area contributed by atoms with E-state index in [0.29, 0.717) is 17.2 Å². The van der Waals surface area contributed by atoms with Crippen molar-refractivity contribution >= 4 is 21.6 Å². The van der Waals surface area contributed by atoms with Crippen molar-refractivity contribution in [2.75, 3.05) is 10.6 Å². The monoisotopic (exact) mass is 452 g/mol. The van der Waals surface area contributed by atoms with Crippen LogP contribution in [-0.4, -0.2) is 26.6 Å². The number of sulfonamides is 1. The standard InChI is InChI=1S/C25H28N2O4S/c1-18-10-12-21(13-11-18)19(2)26-25(28)20(3)27(32(4,29)30)22-14-16-24(17-15-22)31-23-8-6-5-7-9-23/h5-17,19-20H,1-4H3,(H,26,28)/t19-,20-/m1/s1. The second-order valence-electron chi connectivity index (χ2n) is 7.78. The molecule has 0 fully saturated rings. The molecule has 0 spiro atoms. The molecule has 168 valence electrons. The van der Waals surface area contributed by atoms with E-state index in [1.54, 1.807) is 31.2 Å². The molecule has 6 nitrogen and oxygen atoms in total. The number of para-hydroxylation sites is 1. The molecule has 0 bridgehead atoms. The van der Waals surface area contributed by atoms with Gasteiger partial charge >= 0.3 is 0 Å². The van der Waals surface area contributed by atoms with Gasteiger partial charge in [-0.15, -0.1) is 0 Å². The lowest BCUT2D eigenvalue weighted by molar-refractivity contribution is -0.122. The Morgan fingerprint density at radius 2 is 1.44 bits per heavy atom. The Bertz CT molecular complexity index is 1140. The second kappa shape index (κ2) is 9.87. The number of amides is 1. The zero-order valence-corrected chi connectivity index (χ0v) is 19.5. The van der Waals surface area contributed by atoms with Gasteiger partial charge in [0.2, 0.25) is 15.9 Å². The third-order valence-electron chi connectivity index (χ3n) is 5.09. The summed E-state index contributed by atoms with van der Waals surface area (Å²) in [7, 11) is -3.71. The number of hydrogen-bond donors (Lipinski definition) is 1. The van der Waals surface area contributed by atoms with E-state index >= 15 is 0 Å². The average molecular weight is 453 g/mol. The minimum Gasteiger partial charge on any atom is -0.457 e. The highest BCUT2D eigenvalue weighted by atomic mass is 32.2. The van der Waals surface area contributed by atoms with Crippen LogP contribution in [0.2, 0.25) is 0 Å². The molecule has 7 heteroatoms. The Morgan fingerprint density at radius 1 is 0.875 bits per heavy atom. The van der Waals surface area contributed by atoms with E-state index in [1.807, 2.05) is 68.4 Å². The molecular formula is C25H28N2O4S. The van der Waals surface area contributed by atoms with Crippen LogP contribution in [0.5, 0.6) is 11.5 Å².